The minimum absolute atomic E-state index is 0.0877. The fraction of sp³-hybridized carbons (Fsp3) is 0.273. The molecule has 2 aromatic carbocycles. The molecule has 9 heteroatoms. The van der Waals surface area contributed by atoms with Crippen molar-refractivity contribution in [1.29, 1.82) is 0 Å². The second-order valence-corrected chi connectivity index (χ2v) is 7.96. The number of methoxy groups -OCH3 is 1. The summed E-state index contributed by atoms with van der Waals surface area (Å²) >= 11 is 1.25. The second-order valence-electron chi connectivity index (χ2n) is 7.02. The molecule has 162 valence electrons. The number of anilines is 2. The van der Waals surface area contributed by atoms with Crippen LogP contribution in [0.1, 0.15) is 17.0 Å². The number of nitrogens with one attached hydrogen (secondary N) is 2. The number of aryl methyl sites for hydroxylation is 2. The molecular weight excluding hydrogens is 414 g/mol. The zero-order chi connectivity index (χ0) is 22.4. The number of ether oxygens (including phenoxy) is 1. The van der Waals surface area contributed by atoms with Crippen LogP contribution < -0.4 is 15.4 Å². The van der Waals surface area contributed by atoms with E-state index in [1.165, 1.54) is 17.3 Å². The Balaban J connectivity index is 1.55. The van der Waals surface area contributed by atoms with E-state index in [4.69, 9.17) is 4.74 Å². The number of hydrogen-bond donors (Lipinski definition) is 2. The van der Waals surface area contributed by atoms with Crippen LogP contribution in [0, 0.1) is 13.8 Å². The molecule has 0 spiro atoms. The van der Waals surface area contributed by atoms with E-state index in [-0.39, 0.29) is 24.0 Å². The Labute approximate surface area is 185 Å². The van der Waals surface area contributed by atoms with Crippen LogP contribution in [-0.2, 0) is 23.1 Å². The second kappa shape index (κ2) is 10.1. The van der Waals surface area contributed by atoms with Gasteiger partial charge in [0.2, 0.25) is 11.8 Å². The maximum atomic E-state index is 12.4. The van der Waals surface area contributed by atoms with E-state index in [2.05, 4.69) is 20.8 Å². The van der Waals surface area contributed by atoms with Gasteiger partial charge >= 0.3 is 0 Å². The summed E-state index contributed by atoms with van der Waals surface area (Å²) in [7, 11) is 3.33. The molecule has 2 N–H and O–H groups in total. The first kappa shape index (κ1) is 22.4. The van der Waals surface area contributed by atoms with Crippen LogP contribution in [-0.4, -0.2) is 39.4 Å². The van der Waals surface area contributed by atoms with E-state index in [0.29, 0.717) is 22.4 Å². The van der Waals surface area contributed by atoms with Gasteiger partial charge in [-0.3, -0.25) is 9.59 Å². The molecule has 0 unspecified atom stereocenters. The molecule has 0 aliphatic rings. The Morgan fingerprint density at radius 1 is 1.03 bits per heavy atom. The van der Waals surface area contributed by atoms with E-state index in [9.17, 15) is 9.59 Å². The number of amides is 2. The zero-order valence-corrected chi connectivity index (χ0v) is 18.7. The molecule has 2 amide bonds. The zero-order valence-electron chi connectivity index (χ0n) is 17.9. The van der Waals surface area contributed by atoms with Gasteiger partial charge in [-0.05, 0) is 49.2 Å². The van der Waals surface area contributed by atoms with E-state index < -0.39 is 0 Å². The maximum Gasteiger partial charge on any atom is 0.234 e. The molecule has 0 atom stereocenters. The van der Waals surface area contributed by atoms with Crippen molar-refractivity contribution in [3.63, 3.8) is 0 Å². The van der Waals surface area contributed by atoms with Crippen LogP contribution in [0.2, 0.25) is 0 Å². The van der Waals surface area contributed by atoms with Crippen molar-refractivity contribution < 1.29 is 14.3 Å². The number of rotatable bonds is 8. The predicted molar refractivity (Wildman–Crippen MR) is 122 cm³/mol. The van der Waals surface area contributed by atoms with Gasteiger partial charge in [0.1, 0.15) is 11.6 Å². The highest BCUT2D eigenvalue weighted by atomic mass is 32.2. The van der Waals surface area contributed by atoms with E-state index >= 15 is 0 Å². The third-order valence-corrected chi connectivity index (χ3v) is 5.77. The highest BCUT2D eigenvalue weighted by Crippen LogP contribution is 2.24. The van der Waals surface area contributed by atoms with Gasteiger partial charge in [-0.2, -0.15) is 0 Å². The minimum atomic E-state index is -0.188. The van der Waals surface area contributed by atoms with Gasteiger partial charge in [0.25, 0.3) is 0 Å². The quantitative estimate of drug-likeness (QED) is 0.523. The number of para-hydroxylation sites is 2. The van der Waals surface area contributed by atoms with Crippen LogP contribution in [0.15, 0.2) is 47.6 Å². The predicted octanol–water partition coefficient (Wildman–Crippen LogP) is 3.35. The van der Waals surface area contributed by atoms with E-state index in [0.717, 1.165) is 11.3 Å². The number of nitrogens with zero attached hydrogens (tertiary/aromatic N) is 3. The molecule has 0 radical (unpaired) electrons. The van der Waals surface area contributed by atoms with Crippen molar-refractivity contribution in [2.45, 2.75) is 25.4 Å². The largest absolute Gasteiger partial charge is 0.495 e. The molecule has 0 bridgehead atoms. The smallest absolute Gasteiger partial charge is 0.234 e. The number of thioether (sulfide) groups is 1. The van der Waals surface area contributed by atoms with Crippen molar-refractivity contribution in [3.05, 3.63) is 59.4 Å². The van der Waals surface area contributed by atoms with E-state index in [1.807, 2.05) is 44.2 Å². The van der Waals surface area contributed by atoms with Crippen LogP contribution >= 0.6 is 11.8 Å². The molecule has 3 aromatic rings. The van der Waals surface area contributed by atoms with Crippen LogP contribution in [0.25, 0.3) is 0 Å². The number of hydrogen-bond acceptors (Lipinski definition) is 6. The average molecular weight is 440 g/mol. The summed E-state index contributed by atoms with van der Waals surface area (Å²) in [5.41, 5.74) is 3.64. The summed E-state index contributed by atoms with van der Waals surface area (Å²) < 4.78 is 6.96. The first-order valence-corrected chi connectivity index (χ1v) is 10.7. The molecule has 0 saturated carbocycles. The van der Waals surface area contributed by atoms with E-state index in [1.54, 1.807) is 30.9 Å². The van der Waals surface area contributed by atoms with Gasteiger partial charge in [-0.25, -0.2) is 0 Å². The highest BCUT2D eigenvalue weighted by Gasteiger charge is 2.15. The standard InChI is InChI=1S/C22H25N5O3S/c1-14-9-10-16(11-15(14)2)23-20(28)12-19-25-26-22(27(19)3)31-13-21(29)24-17-7-5-6-8-18(17)30-4/h5-11H,12-13H2,1-4H3,(H,23,28)(H,24,29). The monoisotopic (exact) mass is 439 g/mol. The first-order valence-electron chi connectivity index (χ1n) is 9.68. The van der Waals surface area contributed by atoms with Crippen molar-refractivity contribution in [2.24, 2.45) is 7.05 Å². The summed E-state index contributed by atoms with van der Waals surface area (Å²) in [6.07, 6.45) is 0.0877. The van der Waals surface area contributed by atoms with Crippen molar-refractivity contribution in [1.82, 2.24) is 14.8 Å². The van der Waals surface area contributed by atoms with Crippen molar-refractivity contribution in [3.8, 4) is 5.75 Å². The van der Waals surface area contributed by atoms with Gasteiger partial charge in [-0.15, -0.1) is 10.2 Å². The lowest BCUT2D eigenvalue weighted by molar-refractivity contribution is -0.116. The maximum absolute atomic E-state index is 12.4. The summed E-state index contributed by atoms with van der Waals surface area (Å²) in [6.45, 7) is 4.03. The van der Waals surface area contributed by atoms with Gasteiger partial charge < -0.3 is 19.9 Å². The van der Waals surface area contributed by atoms with Crippen molar-refractivity contribution >= 4 is 35.0 Å². The average Bonchev–Trinajstić information content (AvgIpc) is 3.09. The Morgan fingerprint density at radius 3 is 2.55 bits per heavy atom. The SMILES string of the molecule is COc1ccccc1NC(=O)CSc1nnc(CC(=O)Nc2ccc(C)c(C)c2)n1C. The number of aromatic nitrogens is 3. The topological polar surface area (TPSA) is 98.1 Å². The van der Waals surface area contributed by atoms with Crippen LogP contribution in [0.3, 0.4) is 0 Å². The van der Waals surface area contributed by atoms with Gasteiger partial charge in [0.05, 0.1) is 25.0 Å². The molecule has 1 heterocycles. The molecule has 31 heavy (non-hydrogen) atoms. The summed E-state index contributed by atoms with van der Waals surface area (Å²) in [6, 6.07) is 13.0. The summed E-state index contributed by atoms with van der Waals surface area (Å²) in [5, 5.41) is 14.5. The highest BCUT2D eigenvalue weighted by molar-refractivity contribution is 7.99. The lowest BCUT2D eigenvalue weighted by Crippen LogP contribution is -2.17. The number of carbonyl (C=O) groups excluding carboxylic acids is 2. The fourth-order valence-corrected chi connectivity index (χ4v) is 3.59. The Bertz CT molecular complexity index is 1100. The summed E-state index contributed by atoms with van der Waals surface area (Å²) in [5.74, 6) is 0.903. The van der Waals surface area contributed by atoms with Gasteiger partial charge in [0, 0.05) is 12.7 Å². The molecule has 0 fully saturated rings. The Kier molecular flexibility index (Phi) is 7.30. The fourth-order valence-electron chi connectivity index (χ4n) is 2.86. The number of benzene rings is 2. The minimum Gasteiger partial charge on any atom is -0.495 e. The van der Waals surface area contributed by atoms with Crippen LogP contribution in [0.4, 0.5) is 11.4 Å². The molecule has 3 rings (SSSR count). The number of carbonyl (C=O) groups is 2. The normalized spacial score (nSPS) is 10.6. The van der Waals surface area contributed by atoms with Gasteiger partial charge in [-0.1, -0.05) is 30.0 Å². The third kappa shape index (κ3) is 5.85. The lowest BCUT2D eigenvalue weighted by atomic mass is 10.1. The van der Waals surface area contributed by atoms with Crippen molar-refractivity contribution in [2.75, 3.05) is 23.5 Å². The Morgan fingerprint density at radius 2 is 1.81 bits per heavy atom. The molecule has 8 nitrogen and oxygen atoms in total. The summed E-state index contributed by atoms with van der Waals surface area (Å²) in [4.78, 5) is 24.7. The molecule has 0 aliphatic heterocycles. The molecule has 1 aromatic heterocycles. The van der Waals surface area contributed by atoms with Crippen LogP contribution in [0.5, 0.6) is 5.75 Å². The lowest BCUT2D eigenvalue weighted by Gasteiger charge is -2.09. The molecule has 0 aliphatic carbocycles. The molecule has 0 saturated heterocycles. The Hall–Kier alpha value is -3.33. The third-order valence-electron chi connectivity index (χ3n) is 4.75. The first-order chi connectivity index (χ1) is 14.9. The van der Waals surface area contributed by atoms with Gasteiger partial charge in [0.15, 0.2) is 5.16 Å². The molecular formula is C22H25N5O3S.